The van der Waals surface area contributed by atoms with Crippen molar-refractivity contribution in [2.75, 3.05) is 11.9 Å². The highest BCUT2D eigenvalue weighted by Crippen LogP contribution is 2.25. The van der Waals surface area contributed by atoms with Gasteiger partial charge in [0.15, 0.2) is 5.82 Å². The predicted molar refractivity (Wildman–Crippen MR) is 81.1 cm³/mol. The lowest BCUT2D eigenvalue weighted by Gasteiger charge is -2.16. The number of aliphatic hydroxyl groups excluding tert-OH is 1. The molecule has 110 valence electrons. The Morgan fingerprint density at radius 1 is 1.40 bits per heavy atom. The van der Waals surface area contributed by atoms with Gasteiger partial charge in [0.25, 0.3) is 0 Å². The number of anilines is 1. The second-order valence-corrected chi connectivity index (χ2v) is 6.15. The average molecular weight is 276 g/mol. The van der Waals surface area contributed by atoms with Gasteiger partial charge < -0.3 is 10.4 Å². The molecule has 0 saturated heterocycles. The van der Waals surface area contributed by atoms with Crippen LogP contribution in [0.4, 0.5) is 5.82 Å². The first-order valence-corrected chi connectivity index (χ1v) is 7.18. The van der Waals surface area contributed by atoms with Crippen molar-refractivity contribution in [3.63, 3.8) is 0 Å². The summed E-state index contributed by atoms with van der Waals surface area (Å²) in [5, 5.41) is 17.1. The number of nitrogens with zero attached hydrogens (tertiary/aromatic N) is 3. The maximum absolute atomic E-state index is 9.09. The van der Waals surface area contributed by atoms with Crippen LogP contribution >= 0.6 is 0 Å². The molecular weight excluding hydrogens is 252 g/mol. The van der Waals surface area contributed by atoms with Crippen LogP contribution in [0.2, 0.25) is 0 Å². The fourth-order valence-corrected chi connectivity index (χ4v) is 2.13. The molecule has 1 atom stereocenters. The second kappa shape index (κ2) is 5.79. The molecule has 2 rings (SSSR count). The second-order valence-electron chi connectivity index (χ2n) is 6.15. The standard InChI is InChI=1S/C15H24N4O/c1-5-11(6-9-20)17-14-12-10-13(15(2,3)4)18-19(12)8-7-16-14/h7-8,10-11,20H,5-6,9H2,1-4H3,(H,16,17). The Kier molecular flexibility index (Phi) is 4.28. The van der Waals surface area contributed by atoms with Crippen LogP contribution in [0, 0.1) is 0 Å². The molecule has 0 aromatic carbocycles. The highest BCUT2D eigenvalue weighted by atomic mass is 16.3. The molecule has 5 heteroatoms. The van der Waals surface area contributed by atoms with Crippen LogP contribution in [0.25, 0.3) is 5.52 Å². The van der Waals surface area contributed by atoms with Gasteiger partial charge in [-0.15, -0.1) is 0 Å². The number of nitrogens with one attached hydrogen (secondary N) is 1. The number of aromatic nitrogens is 3. The van der Waals surface area contributed by atoms with Crippen molar-refractivity contribution in [3.8, 4) is 0 Å². The first-order chi connectivity index (χ1) is 9.45. The number of aliphatic hydroxyl groups is 1. The van der Waals surface area contributed by atoms with E-state index in [4.69, 9.17) is 5.11 Å². The van der Waals surface area contributed by atoms with Crippen molar-refractivity contribution in [2.45, 2.75) is 52.0 Å². The summed E-state index contributed by atoms with van der Waals surface area (Å²) in [6.45, 7) is 8.73. The van der Waals surface area contributed by atoms with Gasteiger partial charge in [0, 0.05) is 30.5 Å². The minimum atomic E-state index is 0.0124. The Hall–Kier alpha value is -1.62. The lowest BCUT2D eigenvalue weighted by molar-refractivity contribution is 0.278. The molecule has 2 N–H and O–H groups in total. The lowest BCUT2D eigenvalue weighted by atomic mass is 9.92. The fraction of sp³-hybridized carbons (Fsp3) is 0.600. The zero-order chi connectivity index (χ0) is 14.8. The van der Waals surface area contributed by atoms with Crippen molar-refractivity contribution in [1.29, 1.82) is 0 Å². The molecule has 0 aliphatic carbocycles. The van der Waals surface area contributed by atoms with Crippen LogP contribution in [0.15, 0.2) is 18.5 Å². The van der Waals surface area contributed by atoms with E-state index >= 15 is 0 Å². The molecule has 0 radical (unpaired) electrons. The first-order valence-electron chi connectivity index (χ1n) is 7.18. The summed E-state index contributed by atoms with van der Waals surface area (Å²) in [7, 11) is 0. The van der Waals surface area contributed by atoms with Gasteiger partial charge in [-0.3, -0.25) is 0 Å². The zero-order valence-corrected chi connectivity index (χ0v) is 12.7. The van der Waals surface area contributed by atoms with E-state index in [2.05, 4.69) is 49.2 Å². The summed E-state index contributed by atoms with van der Waals surface area (Å²) < 4.78 is 1.86. The van der Waals surface area contributed by atoms with E-state index < -0.39 is 0 Å². The molecule has 2 aromatic heterocycles. The molecule has 2 aromatic rings. The van der Waals surface area contributed by atoms with E-state index in [1.165, 1.54) is 0 Å². The minimum absolute atomic E-state index is 0.0124. The van der Waals surface area contributed by atoms with E-state index in [0.29, 0.717) is 0 Å². The average Bonchev–Trinajstić information content (AvgIpc) is 2.83. The third kappa shape index (κ3) is 3.10. The van der Waals surface area contributed by atoms with Gasteiger partial charge in [-0.25, -0.2) is 9.50 Å². The van der Waals surface area contributed by atoms with Crippen LogP contribution in [0.1, 0.15) is 46.2 Å². The molecule has 2 heterocycles. The summed E-state index contributed by atoms with van der Waals surface area (Å²) in [5.74, 6) is 0.829. The highest BCUT2D eigenvalue weighted by molar-refractivity contribution is 5.68. The first kappa shape index (κ1) is 14.8. The zero-order valence-electron chi connectivity index (χ0n) is 12.7. The number of fused-ring (bicyclic) bond motifs is 1. The molecule has 1 unspecified atom stereocenters. The van der Waals surface area contributed by atoms with Gasteiger partial charge in [-0.1, -0.05) is 27.7 Å². The van der Waals surface area contributed by atoms with Crippen LogP contribution in [0.5, 0.6) is 0 Å². The summed E-state index contributed by atoms with van der Waals surface area (Å²) >= 11 is 0. The van der Waals surface area contributed by atoms with Crippen LogP contribution < -0.4 is 5.32 Å². The largest absolute Gasteiger partial charge is 0.396 e. The van der Waals surface area contributed by atoms with Gasteiger partial charge >= 0.3 is 0 Å². The number of rotatable bonds is 5. The fourth-order valence-electron chi connectivity index (χ4n) is 2.13. The van der Waals surface area contributed by atoms with Gasteiger partial charge in [0.1, 0.15) is 5.52 Å². The van der Waals surface area contributed by atoms with E-state index in [9.17, 15) is 0 Å². The summed E-state index contributed by atoms with van der Waals surface area (Å²) in [4.78, 5) is 4.42. The smallest absolute Gasteiger partial charge is 0.152 e. The van der Waals surface area contributed by atoms with E-state index in [1.54, 1.807) is 6.20 Å². The molecule has 0 bridgehead atoms. The molecule has 5 nitrogen and oxygen atoms in total. The van der Waals surface area contributed by atoms with Crippen molar-refractivity contribution in [2.24, 2.45) is 0 Å². The molecule has 0 amide bonds. The van der Waals surface area contributed by atoms with E-state index in [1.807, 2.05) is 10.7 Å². The van der Waals surface area contributed by atoms with E-state index in [-0.39, 0.29) is 18.1 Å². The van der Waals surface area contributed by atoms with Crippen molar-refractivity contribution < 1.29 is 5.11 Å². The Bertz CT molecular complexity index is 571. The van der Waals surface area contributed by atoms with Crippen LogP contribution in [-0.4, -0.2) is 32.4 Å². The third-order valence-electron chi connectivity index (χ3n) is 3.47. The predicted octanol–water partition coefficient (Wildman–Crippen LogP) is 2.60. The number of hydrogen-bond acceptors (Lipinski definition) is 4. The molecule has 20 heavy (non-hydrogen) atoms. The SMILES string of the molecule is CCC(CCO)Nc1nccn2nc(C(C)(C)C)cc12. The summed E-state index contributed by atoms with van der Waals surface area (Å²) in [6, 6.07) is 2.31. The Labute approximate surface area is 120 Å². The van der Waals surface area contributed by atoms with Crippen molar-refractivity contribution >= 4 is 11.3 Å². The molecule has 0 aliphatic rings. The van der Waals surface area contributed by atoms with Crippen LogP contribution in [-0.2, 0) is 5.41 Å². The molecular formula is C15H24N4O. The summed E-state index contributed by atoms with van der Waals surface area (Å²) in [5.41, 5.74) is 2.04. The highest BCUT2D eigenvalue weighted by Gasteiger charge is 2.19. The van der Waals surface area contributed by atoms with Gasteiger partial charge in [0.2, 0.25) is 0 Å². The quantitative estimate of drug-likeness (QED) is 0.881. The minimum Gasteiger partial charge on any atom is -0.396 e. The molecule has 0 saturated carbocycles. The van der Waals surface area contributed by atoms with Crippen molar-refractivity contribution in [3.05, 3.63) is 24.2 Å². The van der Waals surface area contributed by atoms with Gasteiger partial charge in [-0.05, 0) is 18.9 Å². The number of hydrogen-bond donors (Lipinski definition) is 2. The Morgan fingerprint density at radius 2 is 2.15 bits per heavy atom. The lowest BCUT2D eigenvalue weighted by Crippen LogP contribution is -2.20. The normalized spacial score (nSPS) is 13.7. The molecule has 0 fully saturated rings. The summed E-state index contributed by atoms with van der Waals surface area (Å²) in [6.07, 6.45) is 5.28. The topological polar surface area (TPSA) is 62.5 Å². The molecule has 0 spiro atoms. The maximum Gasteiger partial charge on any atom is 0.152 e. The monoisotopic (exact) mass is 276 g/mol. The Morgan fingerprint density at radius 3 is 2.75 bits per heavy atom. The van der Waals surface area contributed by atoms with Gasteiger partial charge in [-0.2, -0.15) is 5.10 Å². The van der Waals surface area contributed by atoms with Gasteiger partial charge in [0.05, 0.1) is 5.69 Å². The maximum atomic E-state index is 9.09. The third-order valence-corrected chi connectivity index (χ3v) is 3.47. The van der Waals surface area contributed by atoms with Crippen LogP contribution in [0.3, 0.4) is 0 Å². The Balaban J connectivity index is 2.36. The molecule has 0 aliphatic heterocycles. The van der Waals surface area contributed by atoms with E-state index in [0.717, 1.165) is 29.9 Å². The van der Waals surface area contributed by atoms with Crippen molar-refractivity contribution in [1.82, 2.24) is 14.6 Å².